The average molecular weight is 280 g/mol. The van der Waals surface area contributed by atoms with E-state index in [1.165, 1.54) is 58.5 Å². The summed E-state index contributed by atoms with van der Waals surface area (Å²) in [7, 11) is 2.23. The summed E-state index contributed by atoms with van der Waals surface area (Å²) >= 11 is 0. The van der Waals surface area contributed by atoms with Crippen LogP contribution in [-0.4, -0.2) is 85.2 Å². The molecule has 3 rings (SSSR count). The molecule has 1 aliphatic carbocycles. The van der Waals surface area contributed by atoms with E-state index in [0.717, 1.165) is 18.6 Å². The van der Waals surface area contributed by atoms with Gasteiger partial charge < -0.3 is 10.2 Å². The first-order valence-corrected chi connectivity index (χ1v) is 8.46. The van der Waals surface area contributed by atoms with Crippen molar-refractivity contribution in [3.05, 3.63) is 0 Å². The average Bonchev–Trinajstić information content (AvgIpc) is 3.16. The summed E-state index contributed by atoms with van der Waals surface area (Å²) in [4.78, 5) is 7.79. The van der Waals surface area contributed by atoms with Crippen LogP contribution in [0, 0.1) is 0 Å². The highest BCUT2D eigenvalue weighted by molar-refractivity contribution is 4.94. The molecule has 20 heavy (non-hydrogen) atoms. The highest BCUT2D eigenvalue weighted by Gasteiger charge is 2.35. The van der Waals surface area contributed by atoms with Crippen LogP contribution in [0.3, 0.4) is 0 Å². The van der Waals surface area contributed by atoms with Crippen LogP contribution in [0.25, 0.3) is 0 Å². The second kappa shape index (κ2) is 5.91. The van der Waals surface area contributed by atoms with E-state index >= 15 is 0 Å². The van der Waals surface area contributed by atoms with Gasteiger partial charge in [-0.15, -0.1) is 0 Å². The maximum Gasteiger partial charge on any atom is 0.0278 e. The second-order valence-corrected chi connectivity index (χ2v) is 7.70. The number of hydrogen-bond donors (Lipinski definition) is 1. The van der Waals surface area contributed by atoms with Crippen LogP contribution in [0.15, 0.2) is 0 Å². The van der Waals surface area contributed by atoms with Gasteiger partial charge in [-0.05, 0) is 40.2 Å². The van der Waals surface area contributed by atoms with Gasteiger partial charge in [-0.2, -0.15) is 0 Å². The first kappa shape index (κ1) is 14.8. The fourth-order valence-corrected chi connectivity index (χ4v) is 3.64. The lowest BCUT2D eigenvalue weighted by molar-refractivity contribution is 0.0603. The molecule has 0 amide bonds. The summed E-state index contributed by atoms with van der Waals surface area (Å²) in [5, 5.41) is 3.85. The molecular formula is C16H32N4. The van der Waals surface area contributed by atoms with Gasteiger partial charge in [0.05, 0.1) is 0 Å². The van der Waals surface area contributed by atoms with E-state index in [0.29, 0.717) is 0 Å². The molecule has 0 aromatic carbocycles. The number of piperazine rings is 1. The van der Waals surface area contributed by atoms with Gasteiger partial charge in [-0.25, -0.2) is 0 Å². The van der Waals surface area contributed by atoms with Gasteiger partial charge in [0, 0.05) is 63.4 Å². The zero-order valence-corrected chi connectivity index (χ0v) is 13.6. The third-order valence-corrected chi connectivity index (χ3v) is 5.47. The van der Waals surface area contributed by atoms with Crippen molar-refractivity contribution < 1.29 is 0 Å². The smallest absolute Gasteiger partial charge is 0.0278 e. The Labute approximate surface area is 124 Å². The van der Waals surface area contributed by atoms with E-state index < -0.39 is 0 Å². The van der Waals surface area contributed by atoms with Crippen LogP contribution >= 0.6 is 0 Å². The Morgan fingerprint density at radius 3 is 2.35 bits per heavy atom. The Balaban J connectivity index is 1.42. The second-order valence-electron chi connectivity index (χ2n) is 7.70. The molecular weight excluding hydrogens is 248 g/mol. The number of likely N-dealkylation sites (N-methyl/N-ethyl adjacent to an activating group) is 1. The maximum absolute atomic E-state index is 3.85. The first-order chi connectivity index (χ1) is 9.54. The molecule has 1 N–H and O–H groups in total. The molecule has 3 fully saturated rings. The van der Waals surface area contributed by atoms with Gasteiger partial charge in [-0.1, -0.05) is 0 Å². The zero-order chi connectivity index (χ0) is 14.2. The third kappa shape index (κ3) is 3.53. The molecule has 2 saturated heterocycles. The number of nitrogens with zero attached hydrogens (tertiary/aromatic N) is 3. The fourth-order valence-electron chi connectivity index (χ4n) is 3.64. The molecule has 0 aromatic rings. The van der Waals surface area contributed by atoms with Crippen molar-refractivity contribution in [2.45, 2.75) is 50.7 Å². The molecule has 2 heterocycles. The van der Waals surface area contributed by atoms with Crippen LogP contribution in [-0.2, 0) is 0 Å². The first-order valence-electron chi connectivity index (χ1n) is 8.46. The zero-order valence-electron chi connectivity index (χ0n) is 13.6. The lowest BCUT2D eigenvalue weighted by Crippen LogP contribution is -2.58. The maximum atomic E-state index is 3.85. The predicted octanol–water partition coefficient (Wildman–Crippen LogP) is 0.839. The standard InChI is InChI=1S/C16H32N4/c1-16(2,20-10-8-18(3)9-11-20)13-17-14-6-7-19(12-14)15-4-5-15/h14-15,17H,4-13H2,1-3H3. The van der Waals surface area contributed by atoms with Crippen LogP contribution < -0.4 is 5.32 Å². The highest BCUT2D eigenvalue weighted by atomic mass is 15.3. The molecule has 3 aliphatic rings. The topological polar surface area (TPSA) is 21.8 Å². The summed E-state index contributed by atoms with van der Waals surface area (Å²) in [6, 6.07) is 1.66. The van der Waals surface area contributed by atoms with Crippen molar-refractivity contribution in [1.82, 2.24) is 20.0 Å². The van der Waals surface area contributed by atoms with E-state index in [1.807, 2.05) is 0 Å². The summed E-state index contributed by atoms with van der Waals surface area (Å²) in [5.74, 6) is 0. The van der Waals surface area contributed by atoms with Crippen LogP contribution in [0.1, 0.15) is 33.1 Å². The fraction of sp³-hybridized carbons (Fsp3) is 1.00. The highest BCUT2D eigenvalue weighted by Crippen LogP contribution is 2.30. The van der Waals surface area contributed by atoms with Gasteiger partial charge in [-0.3, -0.25) is 9.80 Å². The molecule has 0 bridgehead atoms. The largest absolute Gasteiger partial charge is 0.311 e. The summed E-state index contributed by atoms with van der Waals surface area (Å²) in [5.41, 5.74) is 0.286. The van der Waals surface area contributed by atoms with Gasteiger partial charge in [0.15, 0.2) is 0 Å². The minimum atomic E-state index is 0.286. The van der Waals surface area contributed by atoms with E-state index in [4.69, 9.17) is 0 Å². The van der Waals surface area contributed by atoms with Gasteiger partial charge >= 0.3 is 0 Å². The monoisotopic (exact) mass is 280 g/mol. The quantitative estimate of drug-likeness (QED) is 0.805. The normalized spacial score (nSPS) is 31.1. The van der Waals surface area contributed by atoms with E-state index in [2.05, 4.69) is 40.9 Å². The van der Waals surface area contributed by atoms with E-state index in [1.54, 1.807) is 0 Å². The summed E-state index contributed by atoms with van der Waals surface area (Å²) in [6.07, 6.45) is 4.23. The lowest BCUT2D eigenvalue weighted by atomic mass is 10.0. The van der Waals surface area contributed by atoms with Crippen LogP contribution in [0.2, 0.25) is 0 Å². The van der Waals surface area contributed by atoms with Crippen molar-refractivity contribution in [3.8, 4) is 0 Å². The Kier molecular flexibility index (Phi) is 4.37. The minimum Gasteiger partial charge on any atom is -0.311 e. The Bertz CT molecular complexity index is 318. The summed E-state index contributed by atoms with van der Waals surface area (Å²) < 4.78 is 0. The van der Waals surface area contributed by atoms with Crippen molar-refractivity contribution in [2.24, 2.45) is 0 Å². The van der Waals surface area contributed by atoms with Gasteiger partial charge in [0.1, 0.15) is 0 Å². The third-order valence-electron chi connectivity index (χ3n) is 5.47. The number of rotatable bonds is 5. The molecule has 0 aromatic heterocycles. The van der Waals surface area contributed by atoms with Crippen molar-refractivity contribution in [2.75, 3.05) is 52.9 Å². The molecule has 1 unspecified atom stereocenters. The van der Waals surface area contributed by atoms with Gasteiger partial charge in [0.2, 0.25) is 0 Å². The lowest BCUT2D eigenvalue weighted by Gasteiger charge is -2.43. The Hall–Kier alpha value is -0.160. The Morgan fingerprint density at radius 2 is 1.70 bits per heavy atom. The minimum absolute atomic E-state index is 0.286. The molecule has 2 aliphatic heterocycles. The predicted molar refractivity (Wildman–Crippen MR) is 84.2 cm³/mol. The van der Waals surface area contributed by atoms with Crippen LogP contribution in [0.4, 0.5) is 0 Å². The number of nitrogens with one attached hydrogen (secondary N) is 1. The van der Waals surface area contributed by atoms with Crippen molar-refractivity contribution in [3.63, 3.8) is 0 Å². The number of likely N-dealkylation sites (tertiary alicyclic amines) is 1. The molecule has 1 atom stereocenters. The van der Waals surface area contributed by atoms with E-state index in [-0.39, 0.29) is 5.54 Å². The van der Waals surface area contributed by atoms with Crippen molar-refractivity contribution in [1.29, 1.82) is 0 Å². The molecule has 1 saturated carbocycles. The number of hydrogen-bond acceptors (Lipinski definition) is 4. The van der Waals surface area contributed by atoms with Gasteiger partial charge in [0.25, 0.3) is 0 Å². The van der Waals surface area contributed by atoms with Crippen LogP contribution in [0.5, 0.6) is 0 Å². The summed E-state index contributed by atoms with van der Waals surface area (Å²) in [6.45, 7) is 13.4. The molecule has 0 spiro atoms. The SMILES string of the molecule is CN1CCN(C(C)(C)CNC2CCN(C3CC3)C2)CC1. The molecule has 4 heteroatoms. The molecule has 4 nitrogen and oxygen atoms in total. The van der Waals surface area contributed by atoms with Crippen molar-refractivity contribution >= 4 is 0 Å². The molecule has 116 valence electrons. The Morgan fingerprint density at radius 1 is 1.00 bits per heavy atom. The molecule has 0 radical (unpaired) electrons. The van der Waals surface area contributed by atoms with E-state index in [9.17, 15) is 0 Å².